The van der Waals surface area contributed by atoms with Crippen LogP contribution < -0.4 is 15.2 Å². The molecule has 0 atom stereocenters. The molecule has 10 nitrogen and oxygen atoms in total. The van der Waals surface area contributed by atoms with E-state index >= 15 is 0 Å². The van der Waals surface area contributed by atoms with Crippen LogP contribution in [0.2, 0.25) is 0 Å². The molecule has 3 heterocycles. The summed E-state index contributed by atoms with van der Waals surface area (Å²) in [6.07, 6.45) is 9.09. The van der Waals surface area contributed by atoms with Crippen LogP contribution in [0.4, 0.5) is 5.82 Å². The monoisotopic (exact) mass is 534 g/mol. The minimum atomic E-state index is 0.415. The lowest BCUT2D eigenvalue weighted by Crippen LogP contribution is -2.45. The first-order valence-corrected chi connectivity index (χ1v) is 13.6. The zero-order chi connectivity index (χ0) is 27.8. The van der Waals surface area contributed by atoms with Gasteiger partial charge in [-0.3, -0.25) is 4.90 Å². The van der Waals surface area contributed by atoms with Gasteiger partial charge in [0, 0.05) is 56.6 Å². The number of piperazine rings is 1. The molecule has 1 aromatic carbocycles. The van der Waals surface area contributed by atoms with Crippen molar-refractivity contribution >= 4 is 16.9 Å². The number of aryl methyl sites for hydroxylation is 1. The number of ether oxygens (including phenoxy) is 2. The Labute approximate surface area is 231 Å². The van der Waals surface area contributed by atoms with Crippen LogP contribution in [0.3, 0.4) is 0 Å². The van der Waals surface area contributed by atoms with Gasteiger partial charge in [-0.2, -0.15) is 5.10 Å². The van der Waals surface area contributed by atoms with Gasteiger partial charge >= 0.3 is 0 Å². The summed E-state index contributed by atoms with van der Waals surface area (Å²) in [6.45, 7) is 11.3. The third kappa shape index (κ3) is 7.27. The van der Waals surface area contributed by atoms with E-state index in [9.17, 15) is 0 Å². The fraction of sp³-hybridized carbons (Fsp3) is 0.483. The van der Waals surface area contributed by atoms with E-state index in [1.165, 1.54) is 6.33 Å². The minimum Gasteiger partial charge on any atom is -0.497 e. The zero-order valence-corrected chi connectivity index (χ0v) is 23.8. The number of allylic oxidation sites excluding steroid dienone is 1. The summed E-state index contributed by atoms with van der Waals surface area (Å²) in [5.74, 6) is 1.79. The minimum absolute atomic E-state index is 0.415. The number of rotatable bonds is 13. The van der Waals surface area contributed by atoms with E-state index in [0.29, 0.717) is 17.3 Å². The number of methoxy groups -OCH3 is 2. The van der Waals surface area contributed by atoms with E-state index in [-0.39, 0.29) is 0 Å². The Morgan fingerprint density at radius 1 is 1.00 bits per heavy atom. The van der Waals surface area contributed by atoms with E-state index in [4.69, 9.17) is 20.3 Å². The maximum absolute atomic E-state index is 6.29. The molecule has 1 aliphatic heterocycles. The Bertz CT molecular complexity index is 1260. The maximum atomic E-state index is 6.29. The van der Waals surface area contributed by atoms with Crippen LogP contribution in [0, 0.1) is 0 Å². The number of likely N-dealkylation sites (N-methyl/N-ethyl adjacent to an activating group) is 1. The molecular formula is C29H42N8O2. The average molecular weight is 535 g/mol. The fourth-order valence-electron chi connectivity index (χ4n) is 4.87. The topological polar surface area (TPSA) is 97.8 Å². The lowest BCUT2D eigenvalue weighted by molar-refractivity contribution is 0.159. The SMILES string of the molecule is C=C(/C=C/CN(C)C)N1CCN(CCCCCn2nc(-c3cc(OC)cc(OC)c3)c3c(N)ncnc32)CC1. The maximum Gasteiger partial charge on any atom is 0.163 e. The zero-order valence-electron chi connectivity index (χ0n) is 23.8. The molecule has 2 aromatic heterocycles. The van der Waals surface area contributed by atoms with E-state index < -0.39 is 0 Å². The molecule has 0 amide bonds. The smallest absolute Gasteiger partial charge is 0.163 e. The molecule has 0 unspecified atom stereocenters. The Balaban J connectivity index is 1.31. The summed E-state index contributed by atoms with van der Waals surface area (Å²) in [4.78, 5) is 15.8. The summed E-state index contributed by atoms with van der Waals surface area (Å²) >= 11 is 0. The van der Waals surface area contributed by atoms with Crippen LogP contribution in [-0.4, -0.2) is 102 Å². The second-order valence-electron chi connectivity index (χ2n) is 10.2. The van der Waals surface area contributed by atoms with Crippen molar-refractivity contribution in [1.82, 2.24) is 34.4 Å². The summed E-state index contributed by atoms with van der Waals surface area (Å²) < 4.78 is 12.9. The predicted octanol–water partition coefficient (Wildman–Crippen LogP) is 3.51. The highest BCUT2D eigenvalue weighted by molar-refractivity contribution is 5.98. The van der Waals surface area contributed by atoms with Crippen molar-refractivity contribution in [2.45, 2.75) is 25.8 Å². The van der Waals surface area contributed by atoms with Crippen molar-refractivity contribution < 1.29 is 9.47 Å². The number of nitrogen functional groups attached to an aromatic ring is 1. The molecule has 1 aliphatic rings. The number of nitrogens with zero attached hydrogens (tertiary/aromatic N) is 7. The number of fused-ring (bicyclic) bond motifs is 1. The molecule has 10 heteroatoms. The van der Waals surface area contributed by atoms with Crippen LogP contribution in [0.25, 0.3) is 22.3 Å². The highest BCUT2D eigenvalue weighted by Crippen LogP contribution is 2.34. The van der Waals surface area contributed by atoms with Crippen molar-refractivity contribution in [3.63, 3.8) is 0 Å². The molecule has 0 bridgehead atoms. The number of aromatic nitrogens is 4. The fourth-order valence-corrected chi connectivity index (χ4v) is 4.87. The summed E-state index contributed by atoms with van der Waals surface area (Å²) in [6, 6.07) is 5.69. The highest BCUT2D eigenvalue weighted by atomic mass is 16.5. The van der Waals surface area contributed by atoms with Crippen molar-refractivity contribution in [3.05, 3.63) is 49.0 Å². The number of hydrogen-bond donors (Lipinski definition) is 1. The molecule has 0 aliphatic carbocycles. The Kier molecular flexibility index (Phi) is 9.78. The van der Waals surface area contributed by atoms with Crippen LogP contribution >= 0.6 is 0 Å². The van der Waals surface area contributed by atoms with Gasteiger partial charge in [-0.05, 0) is 51.7 Å². The lowest BCUT2D eigenvalue weighted by Gasteiger charge is -2.36. The number of anilines is 1. The second kappa shape index (κ2) is 13.4. The van der Waals surface area contributed by atoms with E-state index in [2.05, 4.69) is 57.5 Å². The molecule has 1 fully saturated rings. The van der Waals surface area contributed by atoms with Gasteiger partial charge in [-0.15, -0.1) is 0 Å². The lowest BCUT2D eigenvalue weighted by atomic mass is 10.1. The molecule has 1 saturated heterocycles. The summed E-state index contributed by atoms with van der Waals surface area (Å²) in [5.41, 5.74) is 9.73. The van der Waals surface area contributed by atoms with Gasteiger partial charge in [-0.25, -0.2) is 14.6 Å². The molecule has 0 spiro atoms. The molecule has 4 rings (SSSR count). The van der Waals surface area contributed by atoms with Crippen LogP contribution in [0.15, 0.2) is 49.0 Å². The third-order valence-corrected chi connectivity index (χ3v) is 7.09. The van der Waals surface area contributed by atoms with Gasteiger partial charge in [0.25, 0.3) is 0 Å². The van der Waals surface area contributed by atoms with E-state index in [1.807, 2.05) is 22.9 Å². The standard InChI is InChI=1S/C29H42N8O2/c1-22(10-9-11-34(2)3)36-16-14-35(15-17-36)12-7-6-8-13-37-29-26(28(30)31-21-32-29)27(33-37)23-18-24(38-4)20-25(19-23)39-5/h9-10,18-21H,1,6-8,11-17H2,2-5H3,(H2,30,31,32)/b10-9+. The van der Waals surface area contributed by atoms with Gasteiger partial charge in [0.15, 0.2) is 5.65 Å². The van der Waals surface area contributed by atoms with Crippen LogP contribution in [0.5, 0.6) is 11.5 Å². The molecule has 2 N–H and O–H groups in total. The van der Waals surface area contributed by atoms with E-state index in [1.54, 1.807) is 14.2 Å². The highest BCUT2D eigenvalue weighted by Gasteiger charge is 2.19. The Hall–Kier alpha value is -3.63. The quantitative estimate of drug-likeness (QED) is 0.261. The van der Waals surface area contributed by atoms with Crippen molar-refractivity contribution in [3.8, 4) is 22.8 Å². The normalized spacial score (nSPS) is 14.5. The Morgan fingerprint density at radius 3 is 2.36 bits per heavy atom. The second-order valence-corrected chi connectivity index (χ2v) is 10.2. The van der Waals surface area contributed by atoms with Crippen molar-refractivity contribution in [1.29, 1.82) is 0 Å². The molecule has 39 heavy (non-hydrogen) atoms. The molecule has 0 saturated carbocycles. The average Bonchev–Trinajstić information content (AvgIpc) is 3.32. The van der Waals surface area contributed by atoms with Crippen molar-refractivity contribution in [2.75, 3.05) is 73.3 Å². The largest absolute Gasteiger partial charge is 0.497 e. The van der Waals surface area contributed by atoms with Gasteiger partial charge < -0.3 is 25.0 Å². The van der Waals surface area contributed by atoms with Crippen molar-refractivity contribution in [2.24, 2.45) is 0 Å². The number of unbranched alkanes of at least 4 members (excludes halogenated alkanes) is 2. The van der Waals surface area contributed by atoms with Crippen LogP contribution in [-0.2, 0) is 6.54 Å². The third-order valence-electron chi connectivity index (χ3n) is 7.09. The van der Waals surface area contributed by atoms with E-state index in [0.717, 1.165) is 93.1 Å². The summed E-state index contributed by atoms with van der Waals surface area (Å²) in [7, 11) is 7.41. The van der Waals surface area contributed by atoms with Gasteiger partial charge in [0.05, 0.1) is 19.6 Å². The number of benzene rings is 1. The molecular weight excluding hydrogens is 492 g/mol. The van der Waals surface area contributed by atoms with Crippen LogP contribution in [0.1, 0.15) is 19.3 Å². The number of hydrogen-bond acceptors (Lipinski definition) is 9. The van der Waals surface area contributed by atoms with Gasteiger partial charge in [0.2, 0.25) is 0 Å². The first-order chi connectivity index (χ1) is 18.9. The first kappa shape index (κ1) is 28.4. The van der Waals surface area contributed by atoms with Gasteiger partial charge in [0.1, 0.15) is 29.3 Å². The molecule has 210 valence electrons. The molecule has 3 aromatic rings. The summed E-state index contributed by atoms with van der Waals surface area (Å²) in [5, 5.41) is 5.66. The van der Waals surface area contributed by atoms with Gasteiger partial charge in [-0.1, -0.05) is 19.1 Å². The number of nitrogens with two attached hydrogens (primary N) is 1. The predicted molar refractivity (Wildman–Crippen MR) is 157 cm³/mol. The first-order valence-electron chi connectivity index (χ1n) is 13.6. The Morgan fingerprint density at radius 2 is 1.69 bits per heavy atom. The molecule has 0 radical (unpaired) electrons.